The first kappa shape index (κ1) is 37.2. The number of alkyl carbamates (subject to hydrolysis) is 1. The van der Waals surface area contributed by atoms with E-state index in [9.17, 15) is 27.6 Å². The maximum Gasteiger partial charge on any atom is 0.408 e. The van der Waals surface area contributed by atoms with Gasteiger partial charge in [-0.2, -0.15) is 0 Å². The van der Waals surface area contributed by atoms with Crippen LogP contribution in [0.2, 0.25) is 0 Å². The number of amides is 4. The highest BCUT2D eigenvalue weighted by Gasteiger charge is 2.59. The van der Waals surface area contributed by atoms with E-state index in [2.05, 4.69) is 27.5 Å². The minimum Gasteiger partial charge on any atom is -0.485 e. The van der Waals surface area contributed by atoms with Crippen LogP contribution in [0, 0.1) is 5.92 Å². The van der Waals surface area contributed by atoms with Gasteiger partial charge in [0.1, 0.15) is 34.6 Å². The number of fused-ring (bicyclic) bond motifs is 5. The minimum atomic E-state index is -3.98. The fourth-order valence-electron chi connectivity index (χ4n) is 8.37. The van der Waals surface area contributed by atoms with E-state index in [4.69, 9.17) is 9.47 Å². The molecule has 2 aromatic carbocycles. The number of hydrogen-bond donors (Lipinski definition) is 3. The van der Waals surface area contributed by atoms with Gasteiger partial charge in [0.15, 0.2) is 0 Å². The molecule has 3 fully saturated rings. The molecule has 1 saturated heterocycles. The number of aryl methyl sites for hydroxylation is 1. The van der Waals surface area contributed by atoms with Gasteiger partial charge in [-0.15, -0.1) is 0 Å². The van der Waals surface area contributed by atoms with Gasteiger partial charge in [0.05, 0.1) is 11.3 Å². The summed E-state index contributed by atoms with van der Waals surface area (Å²) in [4.78, 5) is 58.0. The molecule has 12 nitrogen and oxygen atoms in total. The molecule has 3 heterocycles. The topological polar surface area (TPSA) is 160 Å². The summed E-state index contributed by atoms with van der Waals surface area (Å²) in [6.45, 7) is 6.96. The number of rotatable bonds is 4. The highest BCUT2D eigenvalue weighted by atomic mass is 32.2. The zero-order chi connectivity index (χ0) is 37.8. The number of ether oxygens (including phenoxy) is 2. The second-order valence-electron chi connectivity index (χ2n) is 17.0. The summed E-state index contributed by atoms with van der Waals surface area (Å²) in [5, 5.41) is 8.00. The standard InChI is InChI=1S/C40H52N4O8S/c1-37(2,3)52-36(48)41-30-15-9-7-5-6-8-13-27-18-21-40(27,35(47)43-53(49,50)38(4)22-23-38)42-33(45)31-24-39(25-44(31)34(30)46)20-19-29-28-14-11-10-12-26(28)16-17-32(29)51-39/h8,10-14,16-17,27,30-31H,5-7,9,15,18-25H2,1-4H3,(H,41,48)(H,42,45)(H,43,47). The summed E-state index contributed by atoms with van der Waals surface area (Å²) in [5.41, 5.74) is -2.13. The first-order chi connectivity index (χ1) is 25.0. The van der Waals surface area contributed by atoms with Crippen molar-refractivity contribution in [3.63, 3.8) is 0 Å². The van der Waals surface area contributed by atoms with Crippen LogP contribution in [-0.2, 0) is 35.6 Å². The van der Waals surface area contributed by atoms with Crippen LogP contribution < -0.4 is 20.1 Å². The maximum atomic E-state index is 14.7. The number of nitrogens with zero attached hydrogens (tertiary/aromatic N) is 1. The van der Waals surface area contributed by atoms with E-state index in [0.29, 0.717) is 57.1 Å². The number of benzene rings is 2. The summed E-state index contributed by atoms with van der Waals surface area (Å²) in [6, 6.07) is 10.0. The van der Waals surface area contributed by atoms with Crippen molar-refractivity contribution >= 4 is 44.6 Å². The van der Waals surface area contributed by atoms with Crippen LogP contribution in [0.15, 0.2) is 48.6 Å². The average molecular weight is 749 g/mol. The lowest BCUT2D eigenvalue weighted by atomic mass is 9.65. The van der Waals surface area contributed by atoms with Crippen molar-refractivity contribution in [1.82, 2.24) is 20.3 Å². The minimum absolute atomic E-state index is 0.0952. The lowest BCUT2D eigenvalue weighted by Gasteiger charge is -2.48. The third-order valence-corrected chi connectivity index (χ3v) is 14.1. The normalized spacial score (nSPS) is 30.0. The van der Waals surface area contributed by atoms with E-state index in [-0.39, 0.29) is 19.4 Å². The third-order valence-electron chi connectivity index (χ3n) is 11.9. The van der Waals surface area contributed by atoms with Gasteiger partial charge >= 0.3 is 6.09 Å². The Morgan fingerprint density at radius 1 is 1.00 bits per heavy atom. The predicted octanol–water partition coefficient (Wildman–Crippen LogP) is 5.18. The van der Waals surface area contributed by atoms with Crippen LogP contribution in [0.1, 0.15) is 104 Å². The highest BCUT2D eigenvalue weighted by Crippen LogP contribution is 2.46. The van der Waals surface area contributed by atoms with E-state index in [0.717, 1.165) is 29.2 Å². The van der Waals surface area contributed by atoms with Gasteiger partial charge < -0.3 is 25.0 Å². The van der Waals surface area contributed by atoms with Crippen LogP contribution in [0.3, 0.4) is 0 Å². The molecule has 3 N–H and O–H groups in total. The molecule has 5 unspecified atom stereocenters. The molecule has 2 aliphatic carbocycles. The molecule has 3 aliphatic heterocycles. The summed E-state index contributed by atoms with van der Waals surface area (Å²) in [7, 11) is -3.98. The maximum absolute atomic E-state index is 14.7. The fraction of sp³-hybridized carbons (Fsp3) is 0.600. The molecule has 286 valence electrons. The molecule has 0 radical (unpaired) electrons. The molecule has 2 saturated carbocycles. The summed E-state index contributed by atoms with van der Waals surface area (Å²) in [6.07, 6.45) is 9.62. The third kappa shape index (κ3) is 7.25. The molecule has 5 atom stereocenters. The van der Waals surface area contributed by atoms with E-state index in [1.807, 2.05) is 36.4 Å². The van der Waals surface area contributed by atoms with Crippen molar-refractivity contribution in [1.29, 1.82) is 0 Å². The smallest absolute Gasteiger partial charge is 0.408 e. The summed E-state index contributed by atoms with van der Waals surface area (Å²) < 4.78 is 40.2. The van der Waals surface area contributed by atoms with Gasteiger partial charge in [0.25, 0.3) is 5.91 Å². The highest BCUT2D eigenvalue weighted by molar-refractivity contribution is 7.91. The average Bonchev–Trinajstić information content (AvgIpc) is 3.75. The SMILES string of the molecule is CC(C)(C)OC(=O)NC1CCCCCC=CC2CCC2(C(=O)NS(=O)(=O)C2(C)CC2)NC(=O)C2CC3(CCc4c(ccc5ccccc45)O3)CN2C1=O. The van der Waals surface area contributed by atoms with Gasteiger partial charge in [-0.1, -0.05) is 55.3 Å². The zero-order valence-electron chi connectivity index (χ0n) is 31.2. The molecule has 7 rings (SSSR count). The van der Waals surface area contributed by atoms with E-state index in [1.165, 1.54) is 4.90 Å². The number of carbonyl (C=O) groups excluding carboxylic acids is 4. The van der Waals surface area contributed by atoms with Crippen LogP contribution in [-0.4, -0.2) is 77.2 Å². The molecule has 0 bridgehead atoms. The van der Waals surface area contributed by atoms with E-state index < -0.39 is 73.3 Å². The molecule has 1 spiro atoms. The number of nitrogens with one attached hydrogen (secondary N) is 3. The second kappa shape index (κ2) is 13.6. The predicted molar refractivity (Wildman–Crippen MR) is 199 cm³/mol. The van der Waals surface area contributed by atoms with Crippen molar-refractivity contribution in [2.45, 2.75) is 138 Å². The number of sulfonamides is 1. The Bertz CT molecular complexity index is 1950. The molecular formula is C40H52N4O8S. The lowest BCUT2D eigenvalue weighted by Crippen LogP contribution is -2.70. The van der Waals surface area contributed by atoms with Crippen molar-refractivity contribution in [3.05, 3.63) is 54.1 Å². The molecule has 2 aromatic rings. The van der Waals surface area contributed by atoms with Crippen molar-refractivity contribution in [2.24, 2.45) is 5.92 Å². The first-order valence-corrected chi connectivity index (χ1v) is 20.6. The molecule has 13 heteroatoms. The largest absolute Gasteiger partial charge is 0.485 e. The Morgan fingerprint density at radius 2 is 1.77 bits per heavy atom. The van der Waals surface area contributed by atoms with Gasteiger partial charge in [0, 0.05) is 17.9 Å². The molecule has 5 aliphatic rings. The summed E-state index contributed by atoms with van der Waals surface area (Å²) in [5.74, 6) is -1.47. The first-order valence-electron chi connectivity index (χ1n) is 19.1. The second-order valence-corrected chi connectivity index (χ2v) is 19.2. The Morgan fingerprint density at radius 3 is 2.49 bits per heavy atom. The van der Waals surface area contributed by atoms with Crippen LogP contribution in [0.5, 0.6) is 5.75 Å². The van der Waals surface area contributed by atoms with Crippen molar-refractivity contribution in [3.8, 4) is 5.75 Å². The molecule has 4 amide bonds. The Labute approximate surface area is 311 Å². The number of allylic oxidation sites excluding steroid dienone is 1. The molecule has 53 heavy (non-hydrogen) atoms. The summed E-state index contributed by atoms with van der Waals surface area (Å²) >= 11 is 0. The van der Waals surface area contributed by atoms with Gasteiger partial charge in [-0.25, -0.2) is 13.2 Å². The number of carbonyl (C=O) groups is 4. The zero-order valence-corrected chi connectivity index (χ0v) is 32.0. The van der Waals surface area contributed by atoms with E-state index in [1.54, 1.807) is 27.7 Å². The lowest BCUT2D eigenvalue weighted by molar-refractivity contribution is -0.144. The van der Waals surface area contributed by atoms with Gasteiger partial charge in [0.2, 0.25) is 21.8 Å². The van der Waals surface area contributed by atoms with Crippen LogP contribution in [0.4, 0.5) is 4.79 Å². The Balaban J connectivity index is 1.23. The number of hydrogen-bond acceptors (Lipinski definition) is 8. The van der Waals surface area contributed by atoms with Crippen molar-refractivity contribution < 1.29 is 37.1 Å². The van der Waals surface area contributed by atoms with Crippen LogP contribution >= 0.6 is 0 Å². The Kier molecular flexibility index (Phi) is 9.56. The monoisotopic (exact) mass is 748 g/mol. The molecule has 0 aromatic heterocycles. The van der Waals surface area contributed by atoms with Crippen molar-refractivity contribution in [2.75, 3.05) is 6.54 Å². The van der Waals surface area contributed by atoms with Gasteiger partial charge in [-0.05, 0) is 102 Å². The van der Waals surface area contributed by atoms with E-state index >= 15 is 0 Å². The van der Waals surface area contributed by atoms with Gasteiger partial charge in [-0.3, -0.25) is 19.1 Å². The fourth-order valence-corrected chi connectivity index (χ4v) is 9.68. The molecular weight excluding hydrogens is 697 g/mol. The van der Waals surface area contributed by atoms with Crippen LogP contribution in [0.25, 0.3) is 10.8 Å². The Hall–Kier alpha value is -4.13. The quantitative estimate of drug-likeness (QED) is 0.361.